The third-order valence-electron chi connectivity index (χ3n) is 5.03. The summed E-state index contributed by atoms with van der Waals surface area (Å²) in [6, 6.07) is 3.37. The van der Waals surface area contributed by atoms with E-state index in [9.17, 15) is 18.7 Å². The highest BCUT2D eigenvalue weighted by molar-refractivity contribution is 5.88. The van der Waals surface area contributed by atoms with Crippen molar-refractivity contribution in [1.29, 1.82) is 0 Å². The molecule has 1 heterocycles. The normalized spacial score (nSPS) is 22.2. The Morgan fingerprint density at radius 2 is 1.70 bits per heavy atom. The number of aliphatic hydroxyl groups is 1. The number of nitrogens with one attached hydrogen (secondary N) is 1. The Labute approximate surface area is 134 Å². The zero-order valence-corrected chi connectivity index (χ0v) is 13.0. The van der Waals surface area contributed by atoms with E-state index in [0.717, 1.165) is 18.9 Å². The predicted molar refractivity (Wildman–Crippen MR) is 81.5 cm³/mol. The van der Waals surface area contributed by atoms with Gasteiger partial charge in [0.15, 0.2) is 0 Å². The first-order chi connectivity index (χ1) is 11.0. The van der Waals surface area contributed by atoms with Crippen LogP contribution in [0.3, 0.4) is 0 Å². The van der Waals surface area contributed by atoms with Crippen molar-refractivity contribution in [2.75, 3.05) is 13.1 Å². The summed E-state index contributed by atoms with van der Waals surface area (Å²) < 4.78 is 27.2. The molecule has 2 aliphatic rings. The summed E-state index contributed by atoms with van der Waals surface area (Å²) in [4.78, 5) is 12.9. The van der Waals surface area contributed by atoms with Crippen LogP contribution in [0.15, 0.2) is 18.2 Å². The molecule has 1 aliphatic heterocycles. The molecule has 1 aromatic carbocycles. The average molecular weight is 324 g/mol. The van der Waals surface area contributed by atoms with Gasteiger partial charge in [-0.25, -0.2) is 13.8 Å². The van der Waals surface area contributed by atoms with Crippen molar-refractivity contribution in [2.24, 2.45) is 0 Å². The van der Waals surface area contributed by atoms with Gasteiger partial charge in [0.25, 0.3) is 0 Å². The summed E-state index contributed by atoms with van der Waals surface area (Å²) >= 11 is 0. The van der Waals surface area contributed by atoms with Gasteiger partial charge in [-0.1, -0.05) is 12.8 Å². The molecule has 23 heavy (non-hydrogen) atoms. The Balaban J connectivity index is 1.81. The maximum Gasteiger partial charge on any atom is 0.244 e. The maximum atomic E-state index is 13.6. The highest BCUT2D eigenvalue weighted by Crippen LogP contribution is 2.42. The van der Waals surface area contributed by atoms with E-state index >= 15 is 0 Å². The molecule has 1 saturated heterocycles. The van der Waals surface area contributed by atoms with Crippen LogP contribution in [-0.2, 0) is 10.2 Å². The monoisotopic (exact) mass is 324 g/mol. The van der Waals surface area contributed by atoms with Crippen molar-refractivity contribution in [3.8, 4) is 0 Å². The summed E-state index contributed by atoms with van der Waals surface area (Å²) in [6.07, 6.45) is 3.83. The van der Waals surface area contributed by atoms with E-state index in [1.54, 1.807) is 5.01 Å². The molecule has 2 fully saturated rings. The van der Waals surface area contributed by atoms with Gasteiger partial charge in [0.1, 0.15) is 11.6 Å². The molecule has 0 unspecified atom stereocenters. The van der Waals surface area contributed by atoms with Gasteiger partial charge in [0.05, 0.1) is 11.5 Å². The molecule has 126 valence electrons. The molecule has 1 aromatic rings. The third kappa shape index (κ3) is 3.38. The SMILES string of the molecule is O=C(NN1CCC(O)CC1)C1(c2cc(F)cc(F)c2)CCCC1. The van der Waals surface area contributed by atoms with E-state index in [0.29, 0.717) is 44.3 Å². The molecule has 0 aromatic heterocycles. The van der Waals surface area contributed by atoms with Crippen LogP contribution in [0, 0.1) is 11.6 Å². The Hall–Kier alpha value is -1.53. The van der Waals surface area contributed by atoms with Crippen LogP contribution >= 0.6 is 0 Å². The second-order valence-corrected chi connectivity index (χ2v) is 6.61. The van der Waals surface area contributed by atoms with Gasteiger partial charge >= 0.3 is 0 Å². The van der Waals surface area contributed by atoms with E-state index < -0.39 is 17.0 Å². The van der Waals surface area contributed by atoms with E-state index in [4.69, 9.17) is 0 Å². The van der Waals surface area contributed by atoms with Crippen LogP contribution in [0.5, 0.6) is 0 Å². The highest BCUT2D eigenvalue weighted by Gasteiger charge is 2.44. The number of halogens is 2. The van der Waals surface area contributed by atoms with Crippen LogP contribution in [-0.4, -0.2) is 35.2 Å². The van der Waals surface area contributed by atoms with Gasteiger partial charge in [-0.3, -0.25) is 10.2 Å². The molecule has 1 amide bonds. The number of carbonyl (C=O) groups excluding carboxylic acids is 1. The molecule has 2 N–H and O–H groups in total. The van der Waals surface area contributed by atoms with Gasteiger partial charge in [-0.15, -0.1) is 0 Å². The Morgan fingerprint density at radius 3 is 2.26 bits per heavy atom. The summed E-state index contributed by atoms with van der Waals surface area (Å²) in [7, 11) is 0. The number of benzene rings is 1. The molecule has 0 atom stereocenters. The number of rotatable bonds is 3. The minimum absolute atomic E-state index is 0.198. The zero-order chi connectivity index (χ0) is 16.4. The fourth-order valence-corrected chi connectivity index (χ4v) is 3.68. The van der Waals surface area contributed by atoms with Crippen molar-refractivity contribution in [3.05, 3.63) is 35.4 Å². The molecule has 3 rings (SSSR count). The summed E-state index contributed by atoms with van der Waals surface area (Å²) in [5, 5.41) is 11.3. The lowest BCUT2D eigenvalue weighted by atomic mass is 9.78. The number of hydrogen-bond donors (Lipinski definition) is 2. The van der Waals surface area contributed by atoms with Gasteiger partial charge in [0.2, 0.25) is 5.91 Å². The smallest absolute Gasteiger partial charge is 0.244 e. The minimum Gasteiger partial charge on any atom is -0.393 e. The lowest BCUT2D eigenvalue weighted by Gasteiger charge is -2.35. The van der Waals surface area contributed by atoms with Crippen LogP contribution in [0.4, 0.5) is 8.78 Å². The lowest BCUT2D eigenvalue weighted by Crippen LogP contribution is -2.53. The molecule has 4 nitrogen and oxygen atoms in total. The molecular formula is C17H22F2N2O2. The van der Waals surface area contributed by atoms with Crippen LogP contribution in [0.1, 0.15) is 44.1 Å². The Morgan fingerprint density at radius 1 is 1.13 bits per heavy atom. The van der Waals surface area contributed by atoms with E-state index in [1.807, 2.05) is 0 Å². The summed E-state index contributed by atoms with van der Waals surface area (Å²) in [5.41, 5.74) is 2.45. The molecule has 0 bridgehead atoms. The van der Waals surface area contributed by atoms with E-state index in [2.05, 4.69) is 5.43 Å². The first-order valence-corrected chi connectivity index (χ1v) is 8.20. The van der Waals surface area contributed by atoms with Gasteiger partial charge < -0.3 is 5.11 Å². The third-order valence-corrected chi connectivity index (χ3v) is 5.03. The Bertz CT molecular complexity index is 560. The van der Waals surface area contributed by atoms with Crippen molar-refractivity contribution >= 4 is 5.91 Å². The molecule has 6 heteroatoms. The summed E-state index contributed by atoms with van der Waals surface area (Å²) in [5.74, 6) is -1.50. The molecule has 1 aliphatic carbocycles. The number of nitrogens with zero attached hydrogens (tertiary/aromatic N) is 1. The maximum absolute atomic E-state index is 13.6. The fraction of sp³-hybridized carbons (Fsp3) is 0.588. The van der Waals surface area contributed by atoms with E-state index in [1.165, 1.54) is 12.1 Å². The van der Waals surface area contributed by atoms with E-state index in [-0.39, 0.29) is 12.0 Å². The largest absolute Gasteiger partial charge is 0.393 e. The van der Waals surface area contributed by atoms with Gasteiger partial charge in [-0.05, 0) is 43.4 Å². The molecule has 1 saturated carbocycles. The number of piperidine rings is 1. The second kappa shape index (κ2) is 6.53. The first-order valence-electron chi connectivity index (χ1n) is 8.20. The lowest BCUT2D eigenvalue weighted by molar-refractivity contribution is -0.132. The number of aliphatic hydroxyl groups excluding tert-OH is 1. The Kier molecular flexibility index (Phi) is 4.64. The van der Waals surface area contributed by atoms with Crippen molar-refractivity contribution in [3.63, 3.8) is 0 Å². The van der Waals surface area contributed by atoms with Gasteiger partial charge in [-0.2, -0.15) is 0 Å². The molecular weight excluding hydrogens is 302 g/mol. The highest BCUT2D eigenvalue weighted by atomic mass is 19.1. The first kappa shape index (κ1) is 16.3. The van der Waals surface area contributed by atoms with Crippen LogP contribution in [0.2, 0.25) is 0 Å². The quantitative estimate of drug-likeness (QED) is 0.897. The number of hydrogen-bond acceptors (Lipinski definition) is 3. The average Bonchev–Trinajstić information content (AvgIpc) is 2.99. The number of amides is 1. The second-order valence-electron chi connectivity index (χ2n) is 6.61. The number of carbonyl (C=O) groups is 1. The minimum atomic E-state index is -0.862. The zero-order valence-electron chi connectivity index (χ0n) is 13.0. The fourth-order valence-electron chi connectivity index (χ4n) is 3.68. The van der Waals surface area contributed by atoms with Crippen LogP contribution < -0.4 is 5.43 Å². The van der Waals surface area contributed by atoms with Crippen molar-refractivity contribution < 1.29 is 18.7 Å². The van der Waals surface area contributed by atoms with Crippen LogP contribution in [0.25, 0.3) is 0 Å². The topological polar surface area (TPSA) is 52.6 Å². The molecule has 0 spiro atoms. The summed E-state index contributed by atoms with van der Waals surface area (Å²) in [6.45, 7) is 1.17. The van der Waals surface area contributed by atoms with Crippen molar-refractivity contribution in [1.82, 2.24) is 10.4 Å². The van der Waals surface area contributed by atoms with Gasteiger partial charge in [0, 0.05) is 19.2 Å². The van der Waals surface area contributed by atoms with Crippen molar-refractivity contribution in [2.45, 2.75) is 50.0 Å². The number of hydrazine groups is 1. The predicted octanol–water partition coefficient (Wildman–Crippen LogP) is 2.26. The molecule has 0 radical (unpaired) electrons. The standard InChI is InChI=1S/C17H22F2N2O2/c18-13-9-12(10-14(19)11-13)17(5-1-2-6-17)16(23)20-21-7-3-15(22)4-8-21/h9-11,15,22H,1-8H2,(H,20,23).